The zero-order valence-electron chi connectivity index (χ0n) is 15.6. The van der Waals surface area contributed by atoms with Crippen molar-refractivity contribution in [1.29, 1.82) is 0 Å². The molecule has 1 heterocycles. The maximum absolute atomic E-state index is 14.5. The minimum atomic E-state index is -6.27. The Hall–Kier alpha value is -2.71. The fraction of sp³-hybridized carbons (Fsp3) is 0.286. The van der Waals surface area contributed by atoms with E-state index in [2.05, 4.69) is 0 Å². The molecule has 1 nitrogen and oxygen atoms in total. The largest absolute Gasteiger partial charge is 0.382 e. The zero-order chi connectivity index (χ0) is 22.3. The summed E-state index contributed by atoms with van der Waals surface area (Å²) in [6.45, 7) is 1.27. The van der Waals surface area contributed by atoms with Crippen LogP contribution in [0, 0.1) is 6.92 Å². The van der Waals surface area contributed by atoms with Gasteiger partial charge in [0, 0.05) is 17.2 Å². The molecule has 0 N–H and O–H groups in total. The Morgan fingerprint density at radius 1 is 0.733 bits per heavy atom. The standard InChI is InChI=1S/C21H14F8N/c1-11-9-15-16(19(24,25)21(28,29)20(26,27)18(15,22)23)10-14(11)17-13-6-4-3-5-12(13)7-8-30(17)2/h3-10H,1-2H3/q+1. The highest BCUT2D eigenvalue weighted by atomic mass is 19.4. The molecule has 4 rings (SSSR count). The highest BCUT2D eigenvalue weighted by Gasteiger charge is 2.85. The molecule has 0 fully saturated rings. The molecule has 1 aromatic heterocycles. The van der Waals surface area contributed by atoms with Crippen LogP contribution in [0.1, 0.15) is 16.7 Å². The summed E-state index contributed by atoms with van der Waals surface area (Å²) in [5.41, 5.74) is -3.38. The van der Waals surface area contributed by atoms with Crippen LogP contribution < -0.4 is 4.57 Å². The van der Waals surface area contributed by atoms with Gasteiger partial charge in [-0.15, -0.1) is 0 Å². The second kappa shape index (κ2) is 5.92. The zero-order valence-corrected chi connectivity index (χ0v) is 15.6. The van der Waals surface area contributed by atoms with Gasteiger partial charge >= 0.3 is 23.7 Å². The number of pyridine rings is 1. The molecule has 9 heteroatoms. The van der Waals surface area contributed by atoms with Gasteiger partial charge in [0.25, 0.3) is 0 Å². The molecule has 158 valence electrons. The quantitative estimate of drug-likeness (QED) is 0.323. The molecule has 0 aliphatic heterocycles. The topological polar surface area (TPSA) is 3.88 Å². The minimum absolute atomic E-state index is 0.0304. The highest BCUT2D eigenvalue weighted by Crippen LogP contribution is 2.65. The summed E-state index contributed by atoms with van der Waals surface area (Å²) in [4.78, 5) is 0. The number of aromatic nitrogens is 1. The van der Waals surface area contributed by atoms with E-state index in [0.29, 0.717) is 28.6 Å². The second-order valence-corrected chi connectivity index (χ2v) is 7.37. The maximum atomic E-state index is 14.5. The van der Waals surface area contributed by atoms with E-state index in [-0.39, 0.29) is 11.1 Å². The van der Waals surface area contributed by atoms with E-state index in [1.807, 2.05) is 0 Å². The number of aryl methyl sites for hydroxylation is 2. The monoisotopic (exact) mass is 432 g/mol. The Labute approximate surface area is 165 Å². The van der Waals surface area contributed by atoms with Crippen molar-refractivity contribution in [3.05, 3.63) is 65.4 Å². The molecule has 0 atom stereocenters. The van der Waals surface area contributed by atoms with Crippen molar-refractivity contribution in [2.24, 2.45) is 7.05 Å². The van der Waals surface area contributed by atoms with Gasteiger partial charge in [-0.2, -0.15) is 35.1 Å². The molecule has 0 unspecified atom stereocenters. The van der Waals surface area contributed by atoms with Gasteiger partial charge in [0.05, 0.1) is 10.9 Å². The summed E-state index contributed by atoms with van der Waals surface area (Å²) < 4.78 is 114. The van der Waals surface area contributed by atoms with Crippen LogP contribution in [0.25, 0.3) is 22.0 Å². The smallest absolute Gasteiger partial charge is 0.200 e. The Bertz CT molecular complexity index is 1180. The van der Waals surface area contributed by atoms with Crippen LogP contribution in [-0.2, 0) is 18.9 Å². The van der Waals surface area contributed by atoms with E-state index in [1.165, 1.54) is 11.5 Å². The van der Waals surface area contributed by atoms with Crippen molar-refractivity contribution in [3.8, 4) is 11.3 Å². The van der Waals surface area contributed by atoms with Crippen molar-refractivity contribution in [1.82, 2.24) is 0 Å². The first-order valence-electron chi connectivity index (χ1n) is 8.79. The van der Waals surface area contributed by atoms with Gasteiger partial charge in [0.2, 0.25) is 5.69 Å². The number of nitrogens with zero attached hydrogens (tertiary/aromatic N) is 1. The van der Waals surface area contributed by atoms with Crippen molar-refractivity contribution < 1.29 is 39.7 Å². The molecule has 0 spiro atoms. The molecule has 2 aromatic carbocycles. The average Bonchev–Trinajstić information content (AvgIpc) is 2.66. The van der Waals surface area contributed by atoms with Crippen LogP contribution in [0.2, 0.25) is 0 Å². The number of hydrogen-bond donors (Lipinski definition) is 0. The predicted octanol–water partition coefficient (Wildman–Crippen LogP) is 6.11. The Kier molecular flexibility index (Phi) is 4.06. The summed E-state index contributed by atoms with van der Waals surface area (Å²) >= 11 is 0. The molecule has 3 aromatic rings. The summed E-state index contributed by atoms with van der Waals surface area (Å²) in [7, 11) is 1.57. The lowest BCUT2D eigenvalue weighted by Gasteiger charge is -2.43. The first kappa shape index (κ1) is 20.6. The van der Waals surface area contributed by atoms with Crippen LogP contribution in [0.15, 0.2) is 48.7 Å². The Morgan fingerprint density at radius 2 is 1.27 bits per heavy atom. The lowest BCUT2D eigenvalue weighted by atomic mass is 9.78. The van der Waals surface area contributed by atoms with Crippen LogP contribution in [0.3, 0.4) is 0 Å². The van der Waals surface area contributed by atoms with Gasteiger partial charge in [-0.05, 0) is 36.1 Å². The Balaban J connectivity index is 2.11. The number of halogens is 8. The third kappa shape index (κ3) is 2.31. The van der Waals surface area contributed by atoms with Gasteiger partial charge in [-0.3, -0.25) is 0 Å². The van der Waals surface area contributed by atoms with Crippen LogP contribution in [0.5, 0.6) is 0 Å². The lowest BCUT2D eigenvalue weighted by molar-refractivity contribution is -0.659. The van der Waals surface area contributed by atoms with Gasteiger partial charge in [0.15, 0.2) is 6.20 Å². The first-order valence-corrected chi connectivity index (χ1v) is 8.79. The predicted molar refractivity (Wildman–Crippen MR) is 93.0 cm³/mol. The molecular formula is C21H14F8N+. The number of alkyl halides is 8. The van der Waals surface area contributed by atoms with E-state index in [0.717, 1.165) is 0 Å². The van der Waals surface area contributed by atoms with Gasteiger partial charge in [-0.1, -0.05) is 18.2 Å². The third-order valence-electron chi connectivity index (χ3n) is 5.53. The van der Waals surface area contributed by atoms with Crippen LogP contribution in [0.4, 0.5) is 35.1 Å². The molecular weight excluding hydrogens is 418 g/mol. The SMILES string of the molecule is Cc1cc2c(cc1-c1c3ccccc3cc[n+]1C)C(F)(F)C(F)(F)C(F)(F)C2(F)F. The van der Waals surface area contributed by atoms with Crippen molar-refractivity contribution in [2.75, 3.05) is 0 Å². The van der Waals surface area contributed by atoms with E-state index in [4.69, 9.17) is 0 Å². The van der Waals surface area contributed by atoms with Gasteiger partial charge < -0.3 is 0 Å². The molecule has 0 saturated heterocycles. The van der Waals surface area contributed by atoms with Crippen molar-refractivity contribution in [2.45, 2.75) is 30.6 Å². The summed E-state index contributed by atoms with van der Waals surface area (Å²) in [5, 5.41) is 1.24. The van der Waals surface area contributed by atoms with Crippen LogP contribution >= 0.6 is 0 Å². The molecule has 30 heavy (non-hydrogen) atoms. The van der Waals surface area contributed by atoms with E-state index in [9.17, 15) is 35.1 Å². The van der Waals surface area contributed by atoms with Gasteiger partial charge in [0.1, 0.15) is 7.05 Å². The van der Waals surface area contributed by atoms with E-state index in [1.54, 1.807) is 43.6 Å². The lowest BCUT2D eigenvalue weighted by Crippen LogP contribution is -2.63. The molecule has 1 aliphatic carbocycles. The molecule has 1 aliphatic rings. The molecule has 0 bridgehead atoms. The van der Waals surface area contributed by atoms with E-state index >= 15 is 0 Å². The molecule has 0 amide bonds. The molecule has 0 radical (unpaired) electrons. The number of rotatable bonds is 1. The van der Waals surface area contributed by atoms with Crippen molar-refractivity contribution >= 4 is 10.8 Å². The van der Waals surface area contributed by atoms with Gasteiger partial charge in [-0.25, -0.2) is 4.57 Å². The Morgan fingerprint density at radius 3 is 1.87 bits per heavy atom. The average molecular weight is 432 g/mol. The van der Waals surface area contributed by atoms with E-state index < -0.39 is 34.8 Å². The number of hydrogen-bond acceptors (Lipinski definition) is 0. The fourth-order valence-corrected chi connectivity index (χ4v) is 3.86. The first-order chi connectivity index (χ1) is 13.7. The summed E-state index contributed by atoms with van der Waals surface area (Å²) in [5.74, 6) is -23.5. The van der Waals surface area contributed by atoms with Crippen LogP contribution in [-0.4, -0.2) is 11.8 Å². The maximum Gasteiger partial charge on any atom is 0.382 e. The highest BCUT2D eigenvalue weighted by molar-refractivity contribution is 5.93. The number of fused-ring (bicyclic) bond motifs is 2. The summed E-state index contributed by atoms with van der Waals surface area (Å²) in [6.07, 6.45) is 1.59. The van der Waals surface area contributed by atoms with Crippen molar-refractivity contribution in [3.63, 3.8) is 0 Å². The summed E-state index contributed by atoms with van der Waals surface area (Å²) in [6, 6.07) is 9.42. The fourth-order valence-electron chi connectivity index (χ4n) is 3.86. The normalized spacial score (nSPS) is 20.7. The third-order valence-corrected chi connectivity index (χ3v) is 5.53. The molecule has 0 saturated carbocycles. The number of benzene rings is 2. The minimum Gasteiger partial charge on any atom is -0.200 e. The second-order valence-electron chi connectivity index (χ2n) is 7.37.